The lowest BCUT2D eigenvalue weighted by atomic mass is 10.3. The van der Waals surface area contributed by atoms with Crippen LogP contribution in [0.1, 0.15) is 26.7 Å². The zero-order valence-electron chi connectivity index (χ0n) is 10.0. The Kier molecular flexibility index (Phi) is 4.88. The summed E-state index contributed by atoms with van der Waals surface area (Å²) in [6, 6.07) is 0. The van der Waals surface area contributed by atoms with Crippen molar-refractivity contribution in [2.24, 2.45) is 0 Å². The van der Waals surface area contributed by atoms with Gasteiger partial charge in [-0.25, -0.2) is 4.79 Å². The monoisotopic (exact) mass is 214 g/mol. The molecule has 15 heavy (non-hydrogen) atoms. The Hall–Kier alpha value is -0.770. The smallest absolute Gasteiger partial charge is 0.410 e. The topological polar surface area (TPSA) is 32.8 Å². The molecular weight excluding hydrogens is 192 g/mol. The fourth-order valence-electron chi connectivity index (χ4n) is 1.94. The van der Waals surface area contributed by atoms with E-state index in [1.807, 2.05) is 0 Å². The molecule has 0 radical (unpaired) electrons. The molecule has 0 bridgehead atoms. The minimum Gasteiger partial charge on any atom is -0.443 e. The van der Waals surface area contributed by atoms with Gasteiger partial charge in [0.05, 0.1) is 6.54 Å². The minimum atomic E-state index is -0.147. The van der Waals surface area contributed by atoms with Gasteiger partial charge >= 0.3 is 6.09 Å². The first-order valence-electron chi connectivity index (χ1n) is 5.81. The van der Waals surface area contributed by atoms with E-state index in [1.165, 1.54) is 0 Å². The number of ether oxygens (including phenoxy) is 1. The summed E-state index contributed by atoms with van der Waals surface area (Å²) in [5.41, 5.74) is 0. The van der Waals surface area contributed by atoms with Crippen LogP contribution in [0.5, 0.6) is 0 Å². The van der Waals surface area contributed by atoms with E-state index in [1.54, 1.807) is 4.90 Å². The predicted molar refractivity (Wildman–Crippen MR) is 59.9 cm³/mol. The number of hydrogen-bond donors (Lipinski definition) is 0. The molecule has 1 fully saturated rings. The highest BCUT2D eigenvalue weighted by Crippen LogP contribution is 2.12. The second-order valence-electron chi connectivity index (χ2n) is 4.21. The summed E-state index contributed by atoms with van der Waals surface area (Å²) >= 11 is 0. The highest BCUT2D eigenvalue weighted by atomic mass is 16.6. The molecule has 1 aliphatic rings. The molecule has 1 amide bonds. The molecule has 1 atom stereocenters. The van der Waals surface area contributed by atoms with E-state index in [9.17, 15) is 4.79 Å². The average molecular weight is 214 g/mol. The van der Waals surface area contributed by atoms with Gasteiger partial charge in [-0.2, -0.15) is 0 Å². The molecular formula is C11H22N2O2. The van der Waals surface area contributed by atoms with Gasteiger partial charge in [-0.3, -0.25) is 0 Å². The lowest BCUT2D eigenvalue weighted by molar-refractivity contribution is 0.113. The third kappa shape index (κ3) is 3.70. The van der Waals surface area contributed by atoms with Gasteiger partial charge in [-0.1, -0.05) is 13.8 Å². The predicted octanol–water partition coefficient (Wildman–Crippen LogP) is 1.56. The molecule has 1 aliphatic heterocycles. The van der Waals surface area contributed by atoms with Gasteiger partial charge in [0.15, 0.2) is 0 Å². The van der Waals surface area contributed by atoms with Crippen molar-refractivity contribution in [3.05, 3.63) is 0 Å². The SMILES string of the molecule is CCCN(C)CC1CN(CCC)C(=O)O1. The van der Waals surface area contributed by atoms with Crippen LogP contribution in [0.2, 0.25) is 0 Å². The van der Waals surface area contributed by atoms with Crippen LogP contribution in [0, 0.1) is 0 Å². The maximum atomic E-state index is 11.4. The normalized spacial score (nSPS) is 21.2. The summed E-state index contributed by atoms with van der Waals surface area (Å²) in [6.07, 6.45) is 2.04. The van der Waals surface area contributed by atoms with Gasteiger partial charge in [0, 0.05) is 13.1 Å². The van der Waals surface area contributed by atoms with Crippen molar-refractivity contribution in [1.82, 2.24) is 9.80 Å². The highest BCUT2D eigenvalue weighted by molar-refractivity contribution is 5.69. The highest BCUT2D eigenvalue weighted by Gasteiger charge is 2.30. The summed E-state index contributed by atoms with van der Waals surface area (Å²) in [5.74, 6) is 0. The first kappa shape index (κ1) is 12.3. The molecule has 1 heterocycles. The van der Waals surface area contributed by atoms with Crippen LogP contribution < -0.4 is 0 Å². The van der Waals surface area contributed by atoms with Gasteiger partial charge in [0.2, 0.25) is 0 Å². The molecule has 0 aromatic heterocycles. The third-order valence-electron chi connectivity index (χ3n) is 2.56. The minimum absolute atomic E-state index is 0.0561. The van der Waals surface area contributed by atoms with Crippen molar-refractivity contribution in [3.8, 4) is 0 Å². The molecule has 0 N–H and O–H groups in total. The zero-order chi connectivity index (χ0) is 11.3. The Morgan fingerprint density at radius 1 is 1.47 bits per heavy atom. The Morgan fingerprint density at radius 2 is 2.20 bits per heavy atom. The van der Waals surface area contributed by atoms with Crippen LogP contribution in [-0.4, -0.2) is 55.2 Å². The maximum absolute atomic E-state index is 11.4. The van der Waals surface area contributed by atoms with Crippen LogP contribution >= 0.6 is 0 Å². The van der Waals surface area contributed by atoms with Crippen LogP contribution in [-0.2, 0) is 4.74 Å². The molecule has 0 aliphatic carbocycles. The molecule has 0 spiro atoms. The summed E-state index contributed by atoms with van der Waals surface area (Å²) in [4.78, 5) is 15.4. The van der Waals surface area contributed by atoms with E-state index >= 15 is 0 Å². The average Bonchev–Trinajstić information content (AvgIpc) is 2.48. The first-order chi connectivity index (χ1) is 7.17. The Morgan fingerprint density at radius 3 is 2.80 bits per heavy atom. The number of amides is 1. The first-order valence-corrected chi connectivity index (χ1v) is 5.81. The lowest BCUT2D eigenvalue weighted by Gasteiger charge is -2.18. The molecule has 88 valence electrons. The van der Waals surface area contributed by atoms with Crippen molar-refractivity contribution in [3.63, 3.8) is 0 Å². The van der Waals surface area contributed by atoms with Crippen molar-refractivity contribution >= 4 is 6.09 Å². The van der Waals surface area contributed by atoms with Crippen molar-refractivity contribution in [2.75, 3.05) is 33.2 Å². The van der Waals surface area contributed by atoms with Crippen LogP contribution in [0.3, 0.4) is 0 Å². The third-order valence-corrected chi connectivity index (χ3v) is 2.56. The van der Waals surface area contributed by atoms with Gasteiger partial charge in [-0.05, 0) is 26.4 Å². The number of rotatable bonds is 6. The largest absolute Gasteiger partial charge is 0.443 e. The van der Waals surface area contributed by atoms with Crippen LogP contribution in [0.4, 0.5) is 4.79 Å². The van der Waals surface area contributed by atoms with Gasteiger partial charge in [-0.15, -0.1) is 0 Å². The second-order valence-corrected chi connectivity index (χ2v) is 4.21. The number of cyclic esters (lactones) is 1. The summed E-state index contributed by atoms with van der Waals surface area (Å²) in [7, 11) is 2.07. The molecule has 0 saturated carbocycles. The molecule has 1 saturated heterocycles. The molecule has 0 aromatic rings. The number of likely N-dealkylation sites (N-methyl/N-ethyl adjacent to an activating group) is 1. The van der Waals surface area contributed by atoms with E-state index < -0.39 is 0 Å². The van der Waals surface area contributed by atoms with Crippen LogP contribution in [0.25, 0.3) is 0 Å². The summed E-state index contributed by atoms with van der Waals surface area (Å²) in [6.45, 7) is 7.69. The standard InChI is InChI=1S/C11H22N2O2/c1-4-6-12(3)8-10-9-13(7-5-2)11(14)15-10/h10H,4-9H2,1-3H3. The quantitative estimate of drug-likeness (QED) is 0.672. The van der Waals surface area contributed by atoms with Crippen LogP contribution in [0.15, 0.2) is 0 Å². The zero-order valence-corrected chi connectivity index (χ0v) is 10.0. The van der Waals surface area contributed by atoms with E-state index in [4.69, 9.17) is 4.74 Å². The number of carbonyl (C=O) groups is 1. The number of hydrogen-bond acceptors (Lipinski definition) is 3. The van der Waals surface area contributed by atoms with E-state index in [-0.39, 0.29) is 12.2 Å². The lowest BCUT2D eigenvalue weighted by Crippen LogP contribution is -2.33. The summed E-state index contributed by atoms with van der Waals surface area (Å²) < 4.78 is 5.29. The Bertz CT molecular complexity index is 209. The van der Waals surface area contributed by atoms with E-state index in [0.29, 0.717) is 0 Å². The van der Waals surface area contributed by atoms with E-state index in [0.717, 1.165) is 39.0 Å². The Balaban J connectivity index is 2.31. The maximum Gasteiger partial charge on any atom is 0.410 e. The summed E-state index contributed by atoms with van der Waals surface area (Å²) in [5, 5.41) is 0. The van der Waals surface area contributed by atoms with Crippen molar-refractivity contribution in [1.29, 1.82) is 0 Å². The van der Waals surface area contributed by atoms with Gasteiger partial charge in [0.1, 0.15) is 6.10 Å². The van der Waals surface area contributed by atoms with Gasteiger partial charge < -0.3 is 14.5 Å². The van der Waals surface area contributed by atoms with E-state index in [2.05, 4.69) is 25.8 Å². The molecule has 0 aromatic carbocycles. The molecule has 4 heteroatoms. The molecule has 4 nitrogen and oxygen atoms in total. The number of nitrogens with zero attached hydrogens (tertiary/aromatic N) is 2. The van der Waals surface area contributed by atoms with Gasteiger partial charge in [0.25, 0.3) is 0 Å². The Labute approximate surface area is 92.2 Å². The molecule has 1 unspecified atom stereocenters. The fourth-order valence-corrected chi connectivity index (χ4v) is 1.94. The van der Waals surface area contributed by atoms with Crippen molar-refractivity contribution in [2.45, 2.75) is 32.8 Å². The van der Waals surface area contributed by atoms with Crippen molar-refractivity contribution < 1.29 is 9.53 Å². The second kappa shape index (κ2) is 5.95. The molecule has 1 rings (SSSR count). The number of carbonyl (C=O) groups excluding carboxylic acids is 1. The fraction of sp³-hybridized carbons (Fsp3) is 0.909.